The van der Waals surface area contributed by atoms with Gasteiger partial charge in [0.05, 0.1) is 0 Å². The summed E-state index contributed by atoms with van der Waals surface area (Å²) in [6.07, 6.45) is 14.6. The van der Waals surface area contributed by atoms with E-state index in [0.717, 1.165) is 48.8 Å². The molecule has 0 heterocycles. The molecule has 3 aromatic carbocycles. The standard InChI is InChI=1S/C37H42O3/c1-3-12-28(4-2)13-8-20-33(38)21-9-15-29-14-7-18-31(25-29)32-19-11-23-35(26-32)40-37-27-34(39)22-10-17-30-16-5-6-24-36(30)37/h5-8,11,14,16,18-20,23-28H,3-4,9-10,12-13,15,17,21-22H2,1-2H3. The van der Waals surface area contributed by atoms with E-state index in [0.29, 0.717) is 30.3 Å². The van der Waals surface area contributed by atoms with Gasteiger partial charge in [-0.25, -0.2) is 0 Å². The number of hydrogen-bond donors (Lipinski definition) is 0. The number of benzene rings is 3. The molecule has 0 aliphatic heterocycles. The Morgan fingerprint density at radius 2 is 1.75 bits per heavy atom. The summed E-state index contributed by atoms with van der Waals surface area (Å²) < 4.78 is 6.34. The van der Waals surface area contributed by atoms with E-state index >= 15 is 0 Å². The summed E-state index contributed by atoms with van der Waals surface area (Å²) in [7, 11) is 0. The first kappa shape index (κ1) is 29.3. The zero-order valence-electron chi connectivity index (χ0n) is 24.0. The Bertz CT molecular complexity index is 1350. The summed E-state index contributed by atoms with van der Waals surface area (Å²) in [5, 5.41) is 0. The maximum atomic E-state index is 12.4. The molecule has 3 aromatic rings. The lowest BCUT2D eigenvalue weighted by molar-refractivity contribution is -0.115. The van der Waals surface area contributed by atoms with Crippen LogP contribution in [-0.4, -0.2) is 11.6 Å². The monoisotopic (exact) mass is 534 g/mol. The van der Waals surface area contributed by atoms with E-state index in [-0.39, 0.29) is 11.6 Å². The van der Waals surface area contributed by atoms with Crippen molar-refractivity contribution in [1.29, 1.82) is 0 Å². The van der Waals surface area contributed by atoms with Crippen LogP contribution in [0.3, 0.4) is 0 Å². The number of rotatable bonds is 13. The second-order valence-corrected chi connectivity index (χ2v) is 10.8. The SMILES string of the molecule is CCCC(CC)CC=CC(=O)CCCc1cccc(-c2cccc(OC3=CC(=O)CCCc4ccccc43)c2)c1. The van der Waals surface area contributed by atoms with Crippen LogP contribution in [0.1, 0.15) is 81.9 Å². The molecule has 0 aromatic heterocycles. The molecule has 1 aliphatic carbocycles. The smallest absolute Gasteiger partial charge is 0.159 e. The minimum atomic E-state index is 0.101. The van der Waals surface area contributed by atoms with Crippen LogP contribution in [0.5, 0.6) is 5.75 Å². The van der Waals surface area contributed by atoms with Crippen LogP contribution in [0, 0.1) is 5.92 Å². The highest BCUT2D eigenvalue weighted by atomic mass is 16.5. The van der Waals surface area contributed by atoms with Gasteiger partial charge in [-0.15, -0.1) is 0 Å². The molecule has 0 amide bonds. The maximum absolute atomic E-state index is 12.4. The zero-order chi connectivity index (χ0) is 28.2. The van der Waals surface area contributed by atoms with Crippen LogP contribution in [0.2, 0.25) is 0 Å². The fraction of sp³-hybridized carbons (Fsp3) is 0.351. The van der Waals surface area contributed by atoms with Crippen LogP contribution in [-0.2, 0) is 22.4 Å². The first-order valence-corrected chi connectivity index (χ1v) is 14.9. The predicted octanol–water partition coefficient (Wildman–Crippen LogP) is 9.34. The Kier molecular flexibility index (Phi) is 11.1. The second kappa shape index (κ2) is 15.2. The van der Waals surface area contributed by atoms with E-state index < -0.39 is 0 Å². The average Bonchev–Trinajstić information content (AvgIpc) is 2.96. The van der Waals surface area contributed by atoms with Crippen molar-refractivity contribution in [2.75, 3.05) is 0 Å². The Morgan fingerprint density at radius 3 is 2.58 bits per heavy atom. The second-order valence-electron chi connectivity index (χ2n) is 10.8. The zero-order valence-corrected chi connectivity index (χ0v) is 24.0. The van der Waals surface area contributed by atoms with Gasteiger partial charge >= 0.3 is 0 Å². The van der Waals surface area contributed by atoms with Gasteiger partial charge < -0.3 is 4.74 Å². The van der Waals surface area contributed by atoms with E-state index in [9.17, 15) is 9.59 Å². The molecule has 1 atom stereocenters. The Balaban J connectivity index is 1.39. The number of allylic oxidation sites excluding steroid dienone is 3. The number of aryl methyl sites for hydroxylation is 2. The highest BCUT2D eigenvalue weighted by Crippen LogP contribution is 2.30. The van der Waals surface area contributed by atoms with Crippen molar-refractivity contribution in [3.8, 4) is 16.9 Å². The van der Waals surface area contributed by atoms with Crippen molar-refractivity contribution in [2.24, 2.45) is 5.92 Å². The normalized spacial score (nSPS) is 14.2. The lowest BCUT2D eigenvalue weighted by Crippen LogP contribution is -2.07. The molecular weight excluding hydrogens is 492 g/mol. The molecule has 0 radical (unpaired) electrons. The first-order chi connectivity index (χ1) is 19.6. The number of ether oxygens (including phenoxy) is 1. The number of ketones is 2. The quantitative estimate of drug-likeness (QED) is 0.205. The summed E-state index contributed by atoms with van der Waals surface area (Å²) in [5.74, 6) is 2.33. The summed E-state index contributed by atoms with van der Waals surface area (Å²) in [6.45, 7) is 4.45. The molecule has 3 heteroatoms. The summed E-state index contributed by atoms with van der Waals surface area (Å²) in [5.41, 5.74) is 5.58. The van der Waals surface area contributed by atoms with Crippen molar-refractivity contribution in [2.45, 2.75) is 78.1 Å². The topological polar surface area (TPSA) is 43.4 Å². The van der Waals surface area contributed by atoms with Crippen LogP contribution in [0.4, 0.5) is 0 Å². The molecule has 0 fully saturated rings. The lowest BCUT2D eigenvalue weighted by atomic mass is 9.96. The third-order valence-corrected chi connectivity index (χ3v) is 7.70. The molecule has 0 saturated carbocycles. The third-order valence-electron chi connectivity index (χ3n) is 7.70. The van der Waals surface area contributed by atoms with Crippen LogP contribution >= 0.6 is 0 Å². The number of carbonyl (C=O) groups is 2. The van der Waals surface area contributed by atoms with Gasteiger partial charge in [-0.2, -0.15) is 0 Å². The molecule has 1 aliphatic rings. The van der Waals surface area contributed by atoms with Gasteiger partial charge in [0.2, 0.25) is 0 Å². The van der Waals surface area contributed by atoms with E-state index in [1.54, 1.807) is 12.2 Å². The molecule has 3 nitrogen and oxygen atoms in total. The molecule has 0 spiro atoms. The van der Waals surface area contributed by atoms with E-state index in [2.05, 4.69) is 56.3 Å². The molecule has 1 unspecified atom stereocenters. The Morgan fingerprint density at radius 1 is 0.950 bits per heavy atom. The summed E-state index contributed by atoms with van der Waals surface area (Å²) >= 11 is 0. The third kappa shape index (κ3) is 8.64. The van der Waals surface area contributed by atoms with Gasteiger partial charge in [-0.05, 0) is 78.5 Å². The molecule has 40 heavy (non-hydrogen) atoms. The Labute approximate surface area is 240 Å². The van der Waals surface area contributed by atoms with Crippen LogP contribution in [0.25, 0.3) is 16.9 Å². The van der Waals surface area contributed by atoms with E-state index in [4.69, 9.17) is 4.74 Å². The van der Waals surface area contributed by atoms with Gasteiger partial charge in [-0.1, -0.05) is 99.8 Å². The predicted molar refractivity (Wildman–Crippen MR) is 165 cm³/mol. The van der Waals surface area contributed by atoms with Crippen molar-refractivity contribution >= 4 is 17.3 Å². The van der Waals surface area contributed by atoms with Gasteiger partial charge in [0.25, 0.3) is 0 Å². The van der Waals surface area contributed by atoms with Crippen molar-refractivity contribution in [3.05, 3.63) is 108 Å². The molecule has 0 saturated heterocycles. The van der Waals surface area contributed by atoms with Gasteiger partial charge in [0.15, 0.2) is 11.6 Å². The van der Waals surface area contributed by atoms with Gasteiger partial charge in [-0.3, -0.25) is 9.59 Å². The van der Waals surface area contributed by atoms with Crippen LogP contribution in [0.15, 0.2) is 91.0 Å². The van der Waals surface area contributed by atoms with E-state index in [1.165, 1.54) is 30.4 Å². The molecule has 208 valence electrons. The lowest BCUT2D eigenvalue weighted by Gasteiger charge is -2.17. The number of hydrogen-bond acceptors (Lipinski definition) is 3. The van der Waals surface area contributed by atoms with Crippen molar-refractivity contribution < 1.29 is 14.3 Å². The Hall–Kier alpha value is -3.72. The summed E-state index contributed by atoms with van der Waals surface area (Å²) in [4.78, 5) is 24.8. The van der Waals surface area contributed by atoms with Gasteiger partial charge in [0, 0.05) is 24.5 Å². The minimum absolute atomic E-state index is 0.101. The van der Waals surface area contributed by atoms with Crippen molar-refractivity contribution in [3.63, 3.8) is 0 Å². The first-order valence-electron chi connectivity index (χ1n) is 14.9. The molecule has 4 rings (SSSR count). The van der Waals surface area contributed by atoms with Gasteiger partial charge in [0.1, 0.15) is 11.5 Å². The maximum Gasteiger partial charge on any atom is 0.159 e. The minimum Gasteiger partial charge on any atom is -0.457 e. The largest absolute Gasteiger partial charge is 0.457 e. The molecular formula is C37H42O3. The van der Waals surface area contributed by atoms with Crippen LogP contribution < -0.4 is 4.74 Å². The number of fused-ring (bicyclic) bond motifs is 1. The fourth-order valence-corrected chi connectivity index (χ4v) is 5.42. The summed E-state index contributed by atoms with van der Waals surface area (Å²) in [6, 6.07) is 24.7. The highest BCUT2D eigenvalue weighted by Gasteiger charge is 2.16. The molecule has 0 bridgehead atoms. The van der Waals surface area contributed by atoms with E-state index in [1.807, 2.05) is 36.4 Å². The number of carbonyl (C=O) groups excluding carboxylic acids is 2. The fourth-order valence-electron chi connectivity index (χ4n) is 5.42. The molecule has 0 N–H and O–H groups in total. The highest BCUT2D eigenvalue weighted by molar-refractivity contribution is 5.96. The average molecular weight is 535 g/mol. The van der Waals surface area contributed by atoms with Crippen molar-refractivity contribution in [1.82, 2.24) is 0 Å².